The van der Waals surface area contributed by atoms with Gasteiger partial charge in [-0.05, 0) is 61.6 Å². The van der Waals surface area contributed by atoms with Gasteiger partial charge in [0, 0.05) is 30.2 Å². The van der Waals surface area contributed by atoms with Crippen LogP contribution < -0.4 is 15.4 Å². The van der Waals surface area contributed by atoms with Gasteiger partial charge in [-0.3, -0.25) is 15.1 Å². The van der Waals surface area contributed by atoms with E-state index in [0.29, 0.717) is 18.5 Å². The highest BCUT2D eigenvalue weighted by Gasteiger charge is 2.39. The van der Waals surface area contributed by atoms with Gasteiger partial charge >= 0.3 is 5.97 Å². The summed E-state index contributed by atoms with van der Waals surface area (Å²) in [6.07, 6.45) is 3.79. The maximum absolute atomic E-state index is 13.7. The predicted octanol–water partition coefficient (Wildman–Crippen LogP) is 5.35. The van der Waals surface area contributed by atoms with E-state index < -0.39 is 0 Å². The van der Waals surface area contributed by atoms with E-state index in [4.69, 9.17) is 9.47 Å². The summed E-state index contributed by atoms with van der Waals surface area (Å²) in [6, 6.07) is 25.0. The van der Waals surface area contributed by atoms with Crippen LogP contribution in [0.15, 0.2) is 85.1 Å². The zero-order valence-corrected chi connectivity index (χ0v) is 23.7. The average molecular weight is 553 g/mol. The molecule has 1 aliphatic rings. The van der Waals surface area contributed by atoms with E-state index in [1.54, 1.807) is 25.4 Å². The Hall–Kier alpha value is -4.43. The van der Waals surface area contributed by atoms with Crippen LogP contribution in [0.3, 0.4) is 0 Å². The van der Waals surface area contributed by atoms with Crippen LogP contribution in [0.1, 0.15) is 47.4 Å². The van der Waals surface area contributed by atoms with Crippen molar-refractivity contribution in [1.29, 1.82) is 0 Å². The van der Waals surface area contributed by atoms with Gasteiger partial charge in [0.2, 0.25) is 5.91 Å². The molecule has 1 fully saturated rings. The molecule has 0 aliphatic carbocycles. The van der Waals surface area contributed by atoms with Crippen molar-refractivity contribution >= 4 is 28.5 Å². The monoisotopic (exact) mass is 552 g/mol. The van der Waals surface area contributed by atoms with Crippen LogP contribution in [-0.2, 0) is 16.0 Å². The fourth-order valence-corrected chi connectivity index (χ4v) is 5.41. The van der Waals surface area contributed by atoms with Gasteiger partial charge in [0.05, 0.1) is 37.0 Å². The number of nitrogens with zero attached hydrogens (tertiary/aromatic N) is 2. The molecule has 4 aromatic rings. The van der Waals surface area contributed by atoms with E-state index in [9.17, 15) is 9.59 Å². The Labute approximate surface area is 240 Å². The number of aromatic nitrogens is 1. The van der Waals surface area contributed by atoms with Gasteiger partial charge in [0.25, 0.3) is 0 Å². The number of ether oxygens (including phenoxy) is 2. The van der Waals surface area contributed by atoms with Crippen LogP contribution in [0.4, 0.5) is 5.69 Å². The highest BCUT2D eigenvalue weighted by Crippen LogP contribution is 2.30. The van der Waals surface area contributed by atoms with Crippen LogP contribution in [0.25, 0.3) is 10.9 Å². The summed E-state index contributed by atoms with van der Waals surface area (Å²) in [5.41, 5.74) is 4.35. The lowest BCUT2D eigenvalue weighted by Gasteiger charge is -2.25. The van der Waals surface area contributed by atoms with Gasteiger partial charge in [-0.1, -0.05) is 48.5 Å². The molecule has 1 amide bonds. The molecule has 5 rings (SSSR count). The van der Waals surface area contributed by atoms with E-state index in [1.165, 1.54) is 7.11 Å². The number of benzene rings is 3. The van der Waals surface area contributed by atoms with Gasteiger partial charge in [0.1, 0.15) is 11.9 Å². The van der Waals surface area contributed by atoms with Crippen molar-refractivity contribution in [1.82, 2.24) is 15.2 Å². The lowest BCUT2D eigenvalue weighted by Crippen LogP contribution is -2.33. The molecule has 2 heterocycles. The molecule has 0 radical (unpaired) electrons. The van der Waals surface area contributed by atoms with Gasteiger partial charge in [-0.15, -0.1) is 0 Å². The second-order valence-corrected chi connectivity index (χ2v) is 10.4. The molecule has 212 valence electrons. The van der Waals surface area contributed by atoms with Crippen molar-refractivity contribution < 1.29 is 19.1 Å². The smallest absolute Gasteiger partial charge is 0.337 e. The zero-order chi connectivity index (χ0) is 28.8. The van der Waals surface area contributed by atoms with Crippen LogP contribution in [0, 0.1) is 0 Å². The number of pyridine rings is 1. The number of nitrogens with one attached hydrogen (secondary N) is 2. The second kappa shape index (κ2) is 12.8. The highest BCUT2D eigenvalue weighted by molar-refractivity contribution is 5.92. The van der Waals surface area contributed by atoms with Crippen LogP contribution in [-0.4, -0.2) is 54.6 Å². The Bertz CT molecular complexity index is 1490. The highest BCUT2D eigenvalue weighted by atomic mass is 16.5. The molecular formula is C33H36N4O4. The summed E-state index contributed by atoms with van der Waals surface area (Å²) in [5.74, 6) is 0.477. The minimum absolute atomic E-state index is 0.0829. The number of esters is 1. The minimum Gasteiger partial charge on any atom is -0.497 e. The quantitative estimate of drug-likeness (QED) is 0.242. The molecule has 8 heteroatoms. The number of carbonyl (C=O) groups excluding carboxylic acids is 2. The number of fused-ring (bicyclic) bond motifs is 1. The molecule has 3 atom stereocenters. The summed E-state index contributed by atoms with van der Waals surface area (Å²) >= 11 is 0. The second-order valence-electron chi connectivity index (χ2n) is 10.4. The van der Waals surface area contributed by atoms with Gasteiger partial charge in [0.15, 0.2) is 0 Å². The Morgan fingerprint density at radius 2 is 1.83 bits per heavy atom. The Kier molecular flexibility index (Phi) is 8.79. The molecule has 3 aromatic carbocycles. The molecule has 0 saturated carbocycles. The first-order valence-corrected chi connectivity index (χ1v) is 13.9. The molecule has 1 aliphatic heterocycles. The topological polar surface area (TPSA) is 92.8 Å². The number of hydrogen-bond acceptors (Lipinski definition) is 7. The lowest BCUT2D eigenvalue weighted by atomic mass is 10.1. The summed E-state index contributed by atoms with van der Waals surface area (Å²) in [7, 11) is 3.03. The number of hydrogen-bond donors (Lipinski definition) is 2. The van der Waals surface area contributed by atoms with E-state index in [2.05, 4.69) is 22.5 Å². The largest absolute Gasteiger partial charge is 0.497 e. The van der Waals surface area contributed by atoms with E-state index >= 15 is 0 Å². The Morgan fingerprint density at radius 1 is 1.05 bits per heavy atom. The maximum Gasteiger partial charge on any atom is 0.337 e. The molecule has 2 unspecified atom stereocenters. The first-order valence-electron chi connectivity index (χ1n) is 13.9. The minimum atomic E-state index is -0.383. The molecule has 1 saturated heterocycles. The summed E-state index contributed by atoms with van der Waals surface area (Å²) in [4.78, 5) is 32.1. The lowest BCUT2D eigenvalue weighted by molar-refractivity contribution is -0.130. The van der Waals surface area contributed by atoms with E-state index in [1.807, 2.05) is 71.6 Å². The van der Waals surface area contributed by atoms with Crippen molar-refractivity contribution in [3.05, 3.63) is 102 Å². The molecular weight excluding hydrogens is 516 g/mol. The first kappa shape index (κ1) is 28.1. The van der Waals surface area contributed by atoms with Crippen molar-refractivity contribution in [3.8, 4) is 5.75 Å². The summed E-state index contributed by atoms with van der Waals surface area (Å²) < 4.78 is 10.3. The third kappa shape index (κ3) is 6.49. The van der Waals surface area contributed by atoms with Crippen molar-refractivity contribution in [3.63, 3.8) is 0 Å². The number of methoxy groups -OCH3 is 2. The molecule has 2 N–H and O–H groups in total. The number of anilines is 1. The molecule has 0 bridgehead atoms. The standard InChI is InChI=1S/C33H36N4O4/c1-22(35-28-21-27(40-2)20-26-12-7-17-34-30(26)28)9-8-18-37-31(24-13-15-25(16-14-24)33(39)41-3)36-29(32(37)38)19-23-10-5-4-6-11-23/h4-7,10-17,20-22,29,31,35-36H,8-9,18-19H2,1-3H3/t22?,29-,31?/m0/s1. The SMILES string of the molecule is COC(=O)c1ccc(C2N[C@@H](Cc3ccccc3)C(=O)N2CCCC(C)Nc2cc(OC)cc3cccnc23)cc1. The number of amides is 1. The van der Waals surface area contributed by atoms with Gasteiger partial charge < -0.3 is 19.7 Å². The number of carbonyl (C=O) groups is 2. The number of rotatable bonds is 11. The first-order chi connectivity index (χ1) is 20.0. The van der Waals surface area contributed by atoms with Gasteiger partial charge in [-0.2, -0.15) is 0 Å². The van der Waals surface area contributed by atoms with Crippen LogP contribution in [0.2, 0.25) is 0 Å². The Morgan fingerprint density at radius 3 is 2.56 bits per heavy atom. The third-order valence-electron chi connectivity index (χ3n) is 7.53. The maximum atomic E-state index is 13.7. The molecule has 1 aromatic heterocycles. The summed E-state index contributed by atoms with van der Waals surface area (Å²) in [6.45, 7) is 2.74. The van der Waals surface area contributed by atoms with Gasteiger partial charge in [-0.25, -0.2) is 4.79 Å². The third-order valence-corrected chi connectivity index (χ3v) is 7.53. The fraction of sp³-hybridized carbons (Fsp3) is 0.303. The van der Waals surface area contributed by atoms with Crippen LogP contribution >= 0.6 is 0 Å². The predicted molar refractivity (Wildman–Crippen MR) is 160 cm³/mol. The van der Waals surface area contributed by atoms with E-state index in [0.717, 1.165) is 46.3 Å². The Balaban J connectivity index is 1.28. The fourth-order valence-electron chi connectivity index (χ4n) is 5.41. The summed E-state index contributed by atoms with van der Waals surface area (Å²) in [5, 5.41) is 8.16. The zero-order valence-electron chi connectivity index (χ0n) is 23.7. The van der Waals surface area contributed by atoms with E-state index in [-0.39, 0.29) is 30.1 Å². The van der Waals surface area contributed by atoms with Crippen molar-refractivity contribution in [2.45, 2.75) is 44.4 Å². The average Bonchev–Trinajstić information content (AvgIpc) is 3.31. The van der Waals surface area contributed by atoms with Crippen LogP contribution in [0.5, 0.6) is 5.75 Å². The normalized spacial score (nSPS) is 17.4. The molecule has 0 spiro atoms. The van der Waals surface area contributed by atoms with Crippen molar-refractivity contribution in [2.24, 2.45) is 0 Å². The molecule has 41 heavy (non-hydrogen) atoms. The molecule has 8 nitrogen and oxygen atoms in total. The van der Waals surface area contributed by atoms with Crippen molar-refractivity contribution in [2.75, 3.05) is 26.1 Å².